The van der Waals surface area contributed by atoms with Crippen LogP contribution < -0.4 is 10.5 Å². The van der Waals surface area contributed by atoms with Crippen molar-refractivity contribution >= 4 is 0 Å². The van der Waals surface area contributed by atoms with Gasteiger partial charge < -0.3 is 10.5 Å². The zero-order valence-electron chi connectivity index (χ0n) is 9.85. The summed E-state index contributed by atoms with van der Waals surface area (Å²) >= 11 is 0. The SMILES string of the molecule is CCc1c(F)cc(CC2(N)CC2)cc1OC. The first-order valence-corrected chi connectivity index (χ1v) is 5.72. The molecule has 1 saturated carbocycles. The van der Waals surface area contributed by atoms with Gasteiger partial charge in [-0.25, -0.2) is 4.39 Å². The topological polar surface area (TPSA) is 35.2 Å². The highest BCUT2D eigenvalue weighted by atomic mass is 19.1. The second-order valence-corrected chi connectivity index (χ2v) is 4.65. The largest absolute Gasteiger partial charge is 0.496 e. The summed E-state index contributed by atoms with van der Waals surface area (Å²) in [5.41, 5.74) is 7.52. The van der Waals surface area contributed by atoms with Gasteiger partial charge in [-0.1, -0.05) is 6.92 Å². The van der Waals surface area contributed by atoms with Gasteiger partial charge in [-0.2, -0.15) is 0 Å². The van der Waals surface area contributed by atoms with E-state index in [1.165, 1.54) is 0 Å². The third-order valence-corrected chi connectivity index (χ3v) is 3.24. The summed E-state index contributed by atoms with van der Waals surface area (Å²) in [6.45, 7) is 1.92. The van der Waals surface area contributed by atoms with Gasteiger partial charge in [-0.15, -0.1) is 0 Å². The second-order valence-electron chi connectivity index (χ2n) is 4.65. The monoisotopic (exact) mass is 223 g/mol. The number of hydrogen-bond donors (Lipinski definition) is 1. The van der Waals surface area contributed by atoms with Gasteiger partial charge in [-0.3, -0.25) is 0 Å². The average molecular weight is 223 g/mol. The minimum absolute atomic E-state index is 0.0921. The van der Waals surface area contributed by atoms with Crippen molar-refractivity contribution in [2.45, 2.75) is 38.1 Å². The molecule has 0 spiro atoms. The Hall–Kier alpha value is -1.09. The first-order chi connectivity index (χ1) is 7.58. The summed E-state index contributed by atoms with van der Waals surface area (Å²) in [5.74, 6) is 0.461. The Bertz CT molecular complexity index is 399. The first-order valence-electron chi connectivity index (χ1n) is 5.72. The molecule has 1 aromatic carbocycles. The van der Waals surface area contributed by atoms with Crippen molar-refractivity contribution < 1.29 is 9.13 Å². The van der Waals surface area contributed by atoms with E-state index in [9.17, 15) is 4.39 Å². The van der Waals surface area contributed by atoms with Crippen molar-refractivity contribution in [3.63, 3.8) is 0 Å². The molecule has 2 N–H and O–H groups in total. The van der Waals surface area contributed by atoms with Crippen LogP contribution in [0.25, 0.3) is 0 Å². The number of nitrogens with two attached hydrogens (primary N) is 1. The highest BCUT2D eigenvalue weighted by molar-refractivity contribution is 5.40. The van der Waals surface area contributed by atoms with Gasteiger partial charge in [-0.05, 0) is 43.4 Å². The van der Waals surface area contributed by atoms with Crippen LogP contribution in [0, 0.1) is 5.82 Å². The molecule has 16 heavy (non-hydrogen) atoms. The molecule has 0 aromatic heterocycles. The molecule has 3 heteroatoms. The maximum atomic E-state index is 13.8. The normalized spacial score (nSPS) is 17.2. The molecule has 0 bridgehead atoms. The van der Waals surface area contributed by atoms with E-state index in [2.05, 4.69) is 0 Å². The zero-order valence-corrected chi connectivity index (χ0v) is 9.85. The molecule has 0 saturated heterocycles. The number of ether oxygens (including phenoxy) is 1. The van der Waals surface area contributed by atoms with E-state index in [1.807, 2.05) is 13.0 Å². The summed E-state index contributed by atoms with van der Waals surface area (Å²) < 4.78 is 19.0. The van der Waals surface area contributed by atoms with Gasteiger partial charge >= 0.3 is 0 Å². The number of methoxy groups -OCH3 is 1. The van der Waals surface area contributed by atoms with E-state index in [0.717, 1.165) is 24.8 Å². The lowest BCUT2D eigenvalue weighted by Crippen LogP contribution is -2.24. The fourth-order valence-electron chi connectivity index (χ4n) is 2.04. The standard InChI is InChI=1S/C13H18FNO/c1-3-10-11(14)6-9(7-12(10)16-2)8-13(15)4-5-13/h6-7H,3-5,8,15H2,1-2H3. The lowest BCUT2D eigenvalue weighted by atomic mass is 10.0. The van der Waals surface area contributed by atoms with Crippen LogP contribution in [0.3, 0.4) is 0 Å². The van der Waals surface area contributed by atoms with Gasteiger partial charge in [0.15, 0.2) is 0 Å². The molecule has 0 radical (unpaired) electrons. The quantitative estimate of drug-likeness (QED) is 0.850. The lowest BCUT2D eigenvalue weighted by Gasteiger charge is -2.13. The van der Waals surface area contributed by atoms with Crippen LogP contribution in [0.1, 0.15) is 30.9 Å². The Kier molecular flexibility index (Phi) is 2.89. The van der Waals surface area contributed by atoms with E-state index < -0.39 is 0 Å². The molecule has 2 nitrogen and oxygen atoms in total. The molecule has 1 fully saturated rings. The molecule has 1 aliphatic rings. The van der Waals surface area contributed by atoms with E-state index >= 15 is 0 Å². The predicted molar refractivity (Wildman–Crippen MR) is 62.2 cm³/mol. The molecule has 0 amide bonds. The van der Waals surface area contributed by atoms with Crippen molar-refractivity contribution in [3.8, 4) is 5.75 Å². The van der Waals surface area contributed by atoms with Crippen LogP contribution in [-0.2, 0) is 12.8 Å². The Labute approximate surface area is 95.6 Å². The van der Waals surface area contributed by atoms with E-state index in [4.69, 9.17) is 10.5 Å². The lowest BCUT2D eigenvalue weighted by molar-refractivity contribution is 0.404. The second kappa shape index (κ2) is 4.06. The smallest absolute Gasteiger partial charge is 0.130 e. The van der Waals surface area contributed by atoms with Crippen LogP contribution in [-0.4, -0.2) is 12.6 Å². The maximum Gasteiger partial charge on any atom is 0.130 e. The molecule has 0 aliphatic heterocycles. The van der Waals surface area contributed by atoms with Crippen molar-refractivity contribution in [2.75, 3.05) is 7.11 Å². The maximum absolute atomic E-state index is 13.8. The third kappa shape index (κ3) is 2.19. The Balaban J connectivity index is 2.30. The fourth-order valence-corrected chi connectivity index (χ4v) is 2.04. The summed E-state index contributed by atoms with van der Waals surface area (Å²) in [6, 6.07) is 3.50. The highest BCUT2D eigenvalue weighted by Crippen LogP contribution is 2.37. The number of hydrogen-bond acceptors (Lipinski definition) is 2. The number of benzene rings is 1. The van der Waals surface area contributed by atoms with Crippen LogP contribution in [0.15, 0.2) is 12.1 Å². The summed E-state index contributed by atoms with van der Waals surface area (Å²) in [5, 5.41) is 0. The van der Waals surface area contributed by atoms with Crippen LogP contribution in [0.2, 0.25) is 0 Å². The molecule has 1 aromatic rings. The highest BCUT2D eigenvalue weighted by Gasteiger charge is 2.38. The van der Waals surface area contributed by atoms with Crippen molar-refractivity contribution in [2.24, 2.45) is 5.73 Å². The molecule has 0 atom stereocenters. The Morgan fingerprint density at radius 1 is 1.44 bits per heavy atom. The summed E-state index contributed by atoms with van der Waals surface area (Å²) in [7, 11) is 1.58. The average Bonchev–Trinajstić information content (AvgIpc) is 2.95. The Morgan fingerprint density at radius 3 is 2.62 bits per heavy atom. The van der Waals surface area contributed by atoms with E-state index in [-0.39, 0.29) is 11.4 Å². The molecule has 2 rings (SSSR count). The van der Waals surface area contributed by atoms with Crippen molar-refractivity contribution in [1.29, 1.82) is 0 Å². The molecule has 1 aliphatic carbocycles. The molecule has 0 heterocycles. The van der Waals surface area contributed by atoms with Gasteiger partial charge in [0.2, 0.25) is 0 Å². The summed E-state index contributed by atoms with van der Waals surface area (Å²) in [6.07, 6.45) is 3.45. The number of halogens is 1. The van der Waals surface area contributed by atoms with E-state index in [1.54, 1.807) is 13.2 Å². The van der Waals surface area contributed by atoms with Crippen LogP contribution >= 0.6 is 0 Å². The fraction of sp³-hybridized carbons (Fsp3) is 0.538. The molecule has 88 valence electrons. The Morgan fingerprint density at radius 2 is 2.12 bits per heavy atom. The van der Waals surface area contributed by atoms with Crippen molar-refractivity contribution in [3.05, 3.63) is 29.1 Å². The summed E-state index contributed by atoms with van der Waals surface area (Å²) in [4.78, 5) is 0. The predicted octanol–water partition coefficient (Wildman–Crippen LogP) is 2.43. The van der Waals surface area contributed by atoms with Crippen LogP contribution in [0.5, 0.6) is 5.75 Å². The third-order valence-electron chi connectivity index (χ3n) is 3.24. The van der Waals surface area contributed by atoms with Gasteiger partial charge in [0, 0.05) is 11.1 Å². The van der Waals surface area contributed by atoms with E-state index in [0.29, 0.717) is 17.7 Å². The van der Waals surface area contributed by atoms with Gasteiger partial charge in [0.05, 0.1) is 7.11 Å². The van der Waals surface area contributed by atoms with Gasteiger partial charge in [0.1, 0.15) is 11.6 Å². The first kappa shape index (κ1) is 11.4. The number of rotatable bonds is 4. The minimum atomic E-state index is -0.180. The van der Waals surface area contributed by atoms with Crippen LogP contribution in [0.4, 0.5) is 4.39 Å². The van der Waals surface area contributed by atoms with Gasteiger partial charge in [0.25, 0.3) is 0 Å². The molecular weight excluding hydrogens is 205 g/mol. The molecular formula is C13H18FNO. The molecule has 0 unspecified atom stereocenters. The van der Waals surface area contributed by atoms with Crippen molar-refractivity contribution in [1.82, 2.24) is 0 Å². The zero-order chi connectivity index (χ0) is 11.8. The minimum Gasteiger partial charge on any atom is -0.496 e.